The van der Waals surface area contributed by atoms with Crippen LogP contribution < -0.4 is 11.1 Å². The summed E-state index contributed by atoms with van der Waals surface area (Å²) in [6.45, 7) is 7.91. The van der Waals surface area contributed by atoms with Gasteiger partial charge in [-0.05, 0) is 32.4 Å². The molecule has 7 heteroatoms. The van der Waals surface area contributed by atoms with Crippen molar-refractivity contribution in [3.63, 3.8) is 0 Å². The van der Waals surface area contributed by atoms with Crippen LogP contribution in [0.1, 0.15) is 245 Å². The van der Waals surface area contributed by atoms with Crippen LogP contribution >= 0.6 is 0 Å². The molecule has 308 valence electrons. The summed E-state index contributed by atoms with van der Waals surface area (Å²) in [5.74, 6) is -0.690. The maximum atomic E-state index is 9.89. The smallest absolute Gasteiger partial charge is 0.290 e. The number of aliphatic hydroxyl groups is 1. The molecule has 1 fully saturated rings. The van der Waals surface area contributed by atoms with Gasteiger partial charge in [-0.3, -0.25) is 9.59 Å². The summed E-state index contributed by atoms with van der Waals surface area (Å²) in [4.78, 5) is 27.6. The first-order valence-electron chi connectivity index (χ1n) is 22.2. The molecule has 0 aromatic heterocycles. The second kappa shape index (κ2) is 60.6. The Morgan fingerprint density at radius 1 is 0.510 bits per heavy atom. The van der Waals surface area contributed by atoms with Crippen LogP contribution in [-0.2, 0) is 14.4 Å². The van der Waals surface area contributed by atoms with Crippen molar-refractivity contribution in [2.75, 3.05) is 19.7 Å². The lowest BCUT2D eigenvalue weighted by molar-refractivity contribution is -0.123. The van der Waals surface area contributed by atoms with E-state index < -0.39 is 12.5 Å². The van der Waals surface area contributed by atoms with E-state index in [1.54, 1.807) is 0 Å². The fourth-order valence-corrected chi connectivity index (χ4v) is 6.23. The Morgan fingerprint density at radius 3 is 0.941 bits per heavy atom. The largest absolute Gasteiger partial charge is 0.483 e. The standard InChI is InChI=1S/C30H61N.C9H18O.C2H5NO2.C2H6.CH2O2/c1-2-4-6-8-10-12-14-16-18-20-22-24-26-28-30-31-29-27-25-23-21-19-17-15-13-11-9-7-5-3-1;1-2-3-4-5-6-7-8-9-10;3-2(5)1-4;1-2;2-1-3/h31H,1-30H2;9H,2-8H2,1H3;4H,1H2,(H2,3,5);1-2H3;1H,(H,2,3). The molecule has 1 amide bonds. The zero-order valence-electron chi connectivity index (χ0n) is 34.7. The molecule has 0 atom stereocenters. The highest BCUT2D eigenvalue weighted by Gasteiger charge is 1.98. The van der Waals surface area contributed by atoms with Gasteiger partial charge in [0, 0.05) is 6.42 Å². The van der Waals surface area contributed by atoms with Gasteiger partial charge in [-0.15, -0.1) is 0 Å². The Hall–Kier alpha value is -1.47. The SMILES string of the molecule is C1CCCCCCCCCCCCCCCNCCCCCCCCCCCCCC1.CC.CCCCCCCCC=O.NC(=O)CO.O=CO. The van der Waals surface area contributed by atoms with Crippen molar-refractivity contribution >= 4 is 18.7 Å². The van der Waals surface area contributed by atoms with Crippen molar-refractivity contribution in [3.05, 3.63) is 0 Å². The van der Waals surface area contributed by atoms with Gasteiger partial charge in [0.25, 0.3) is 6.47 Å². The van der Waals surface area contributed by atoms with Gasteiger partial charge in [-0.2, -0.15) is 0 Å². The number of nitrogens with one attached hydrogen (secondary N) is 1. The van der Waals surface area contributed by atoms with Gasteiger partial charge in [0.1, 0.15) is 12.9 Å². The van der Waals surface area contributed by atoms with Crippen molar-refractivity contribution in [3.8, 4) is 0 Å². The van der Waals surface area contributed by atoms with Gasteiger partial charge < -0.3 is 26.1 Å². The van der Waals surface area contributed by atoms with Gasteiger partial charge in [0.05, 0.1) is 0 Å². The molecule has 0 spiro atoms. The Morgan fingerprint density at radius 2 is 0.725 bits per heavy atom. The molecule has 0 saturated carbocycles. The maximum Gasteiger partial charge on any atom is 0.290 e. The lowest BCUT2D eigenvalue weighted by Crippen LogP contribution is -2.16. The zero-order chi connectivity index (χ0) is 38.6. The Balaban J connectivity index is -0.000000451. The number of hydrogen-bond donors (Lipinski definition) is 4. The van der Waals surface area contributed by atoms with Crippen molar-refractivity contribution in [2.24, 2.45) is 5.73 Å². The van der Waals surface area contributed by atoms with Crippen molar-refractivity contribution in [1.82, 2.24) is 5.32 Å². The minimum atomic E-state index is -0.690. The van der Waals surface area contributed by atoms with E-state index in [2.05, 4.69) is 18.0 Å². The van der Waals surface area contributed by atoms with Crippen LogP contribution in [0.2, 0.25) is 0 Å². The first kappa shape index (κ1) is 56.3. The molecule has 1 rings (SSSR count). The monoisotopic (exact) mass is 729 g/mol. The molecule has 1 saturated heterocycles. The highest BCUT2D eigenvalue weighted by Crippen LogP contribution is 2.16. The average Bonchev–Trinajstić information content (AvgIpc) is 3.14. The summed E-state index contributed by atoms with van der Waals surface area (Å²) >= 11 is 0. The summed E-state index contributed by atoms with van der Waals surface area (Å²) in [5.41, 5.74) is 4.40. The number of amides is 1. The maximum absolute atomic E-state index is 9.89. The average molecular weight is 729 g/mol. The first-order valence-corrected chi connectivity index (χ1v) is 22.2. The molecule has 0 aromatic carbocycles. The number of aliphatic hydroxyl groups excluding tert-OH is 1. The predicted octanol–water partition coefficient (Wildman–Crippen LogP) is 12.6. The van der Waals surface area contributed by atoms with Gasteiger partial charge in [-0.25, -0.2) is 0 Å². The first-order chi connectivity index (χ1) is 25.1. The minimum Gasteiger partial charge on any atom is -0.483 e. The van der Waals surface area contributed by atoms with Gasteiger partial charge >= 0.3 is 0 Å². The molecule has 0 aromatic rings. The van der Waals surface area contributed by atoms with Crippen LogP contribution in [0.15, 0.2) is 0 Å². The number of hydrogen-bond acceptors (Lipinski definition) is 5. The molecular weight excluding hydrogens is 636 g/mol. The van der Waals surface area contributed by atoms with Crippen LogP contribution in [0.4, 0.5) is 0 Å². The van der Waals surface area contributed by atoms with Gasteiger partial charge in [0.15, 0.2) is 0 Å². The Bertz CT molecular complexity index is 452. The molecule has 0 radical (unpaired) electrons. The highest BCUT2D eigenvalue weighted by atomic mass is 16.3. The molecule has 0 aliphatic carbocycles. The summed E-state index contributed by atoms with van der Waals surface area (Å²) < 4.78 is 0. The number of rotatable bonds is 8. The quantitative estimate of drug-likeness (QED) is 0.145. The van der Waals surface area contributed by atoms with Crippen LogP contribution in [0, 0.1) is 0 Å². The molecule has 7 nitrogen and oxygen atoms in total. The topological polar surface area (TPSA) is 130 Å². The van der Waals surface area contributed by atoms with Gasteiger partial charge in [-0.1, -0.05) is 220 Å². The second-order valence-electron chi connectivity index (χ2n) is 14.1. The molecule has 0 bridgehead atoms. The van der Waals surface area contributed by atoms with Crippen molar-refractivity contribution < 1.29 is 24.6 Å². The van der Waals surface area contributed by atoms with E-state index in [4.69, 9.17) is 15.0 Å². The number of nitrogens with two attached hydrogens (primary N) is 1. The van der Waals surface area contributed by atoms with E-state index in [0.29, 0.717) is 0 Å². The summed E-state index contributed by atoms with van der Waals surface area (Å²) in [6, 6.07) is 0. The van der Waals surface area contributed by atoms with Gasteiger partial charge in [0.2, 0.25) is 5.91 Å². The lowest BCUT2D eigenvalue weighted by Gasteiger charge is -2.06. The zero-order valence-corrected chi connectivity index (χ0v) is 34.7. The predicted molar refractivity (Wildman–Crippen MR) is 223 cm³/mol. The summed E-state index contributed by atoms with van der Waals surface area (Å²) in [5, 5.41) is 18.2. The van der Waals surface area contributed by atoms with E-state index in [1.165, 1.54) is 225 Å². The third kappa shape index (κ3) is 70.8. The Labute approximate surface area is 318 Å². The third-order valence-electron chi connectivity index (χ3n) is 9.29. The van der Waals surface area contributed by atoms with E-state index >= 15 is 0 Å². The van der Waals surface area contributed by atoms with E-state index in [0.717, 1.165) is 19.1 Å². The summed E-state index contributed by atoms with van der Waals surface area (Å²) in [7, 11) is 0. The number of unbranched alkanes of at least 4 members (excludes halogenated alkanes) is 6. The van der Waals surface area contributed by atoms with Crippen molar-refractivity contribution in [1.29, 1.82) is 0 Å². The van der Waals surface area contributed by atoms with Crippen molar-refractivity contribution in [2.45, 2.75) is 245 Å². The minimum absolute atomic E-state index is 0.250. The molecule has 51 heavy (non-hydrogen) atoms. The number of carbonyl (C=O) groups excluding carboxylic acids is 2. The van der Waals surface area contributed by atoms with Crippen LogP contribution in [0.3, 0.4) is 0 Å². The fourth-order valence-electron chi connectivity index (χ4n) is 6.23. The van der Waals surface area contributed by atoms with Crippen LogP contribution in [0.5, 0.6) is 0 Å². The van der Waals surface area contributed by atoms with E-state index in [-0.39, 0.29) is 6.47 Å². The molecule has 0 unspecified atom stereocenters. The van der Waals surface area contributed by atoms with Crippen LogP contribution in [-0.4, -0.2) is 48.6 Å². The summed E-state index contributed by atoms with van der Waals surface area (Å²) in [6.07, 6.45) is 50.7. The molecule has 5 N–H and O–H groups in total. The normalized spacial score (nSPS) is 17.6. The fraction of sp³-hybridized carbons (Fsp3) is 0.932. The highest BCUT2D eigenvalue weighted by molar-refractivity contribution is 5.74. The molecule has 1 aliphatic rings. The van der Waals surface area contributed by atoms with E-state index in [1.807, 2.05) is 13.8 Å². The third-order valence-corrected chi connectivity index (χ3v) is 9.29. The number of aldehydes is 1. The Kier molecular flexibility index (Phi) is 66.9. The van der Waals surface area contributed by atoms with E-state index in [9.17, 15) is 9.59 Å². The second-order valence-corrected chi connectivity index (χ2v) is 14.1. The molecule has 1 heterocycles. The van der Waals surface area contributed by atoms with Crippen LogP contribution in [0.25, 0.3) is 0 Å². The number of primary amides is 1. The lowest BCUT2D eigenvalue weighted by atomic mass is 10.0. The number of carbonyl (C=O) groups is 3. The number of carboxylic acid groups (broad SMARTS) is 1. The molecular formula is C44H92N2O5. The molecule has 1 aliphatic heterocycles.